The zero-order valence-corrected chi connectivity index (χ0v) is 13.5. The summed E-state index contributed by atoms with van der Waals surface area (Å²) in [5, 5.41) is 5.95. The van der Waals surface area contributed by atoms with Gasteiger partial charge in [0.15, 0.2) is 5.82 Å². The molecule has 3 aromatic rings. The molecular weight excluding hydrogens is 329 g/mol. The highest BCUT2D eigenvalue weighted by atomic mass is 32.1. The first-order chi connectivity index (χ1) is 11.7. The van der Waals surface area contributed by atoms with Gasteiger partial charge in [-0.15, -0.1) is 11.3 Å². The molecule has 1 saturated heterocycles. The fraction of sp³-hybridized carbons (Fsp3) is 0.235. The average Bonchev–Trinajstić information content (AvgIpc) is 3.30. The second-order valence-corrected chi connectivity index (χ2v) is 6.72. The molecule has 1 atom stereocenters. The maximum absolute atomic E-state index is 13.8. The van der Waals surface area contributed by atoms with Gasteiger partial charge in [0.25, 0.3) is 5.89 Å². The van der Waals surface area contributed by atoms with Crippen LogP contribution in [0, 0.1) is 5.82 Å². The molecule has 1 aliphatic heterocycles. The van der Waals surface area contributed by atoms with Crippen molar-refractivity contribution in [3.63, 3.8) is 0 Å². The quantitative estimate of drug-likeness (QED) is 0.728. The van der Waals surface area contributed by atoms with Crippen molar-refractivity contribution >= 4 is 17.2 Å². The van der Waals surface area contributed by atoms with E-state index in [2.05, 4.69) is 10.1 Å². The number of carbonyl (C=O) groups is 1. The zero-order chi connectivity index (χ0) is 16.5. The number of halogens is 1. The van der Waals surface area contributed by atoms with Crippen LogP contribution >= 0.6 is 11.3 Å². The maximum atomic E-state index is 13.8. The standard InChI is InChI=1S/C17H14FN3O2S/c18-14-6-2-1-5-13(14)17-19-16(20-23-17)11-8-15(22)21(9-11)10-12-4-3-7-24-12/h1-7,11H,8-10H2. The van der Waals surface area contributed by atoms with E-state index < -0.39 is 5.82 Å². The molecule has 0 spiro atoms. The van der Waals surface area contributed by atoms with E-state index in [4.69, 9.17) is 4.52 Å². The number of likely N-dealkylation sites (tertiary alicyclic amines) is 1. The molecule has 7 heteroatoms. The Balaban J connectivity index is 1.51. The van der Waals surface area contributed by atoms with Crippen LogP contribution in [0.4, 0.5) is 4.39 Å². The molecule has 0 radical (unpaired) electrons. The Morgan fingerprint density at radius 3 is 2.96 bits per heavy atom. The Labute approximate surface area is 141 Å². The van der Waals surface area contributed by atoms with Gasteiger partial charge in [-0.25, -0.2) is 4.39 Å². The lowest BCUT2D eigenvalue weighted by Gasteiger charge is -2.14. The van der Waals surface area contributed by atoms with Crippen molar-refractivity contribution in [2.45, 2.75) is 18.9 Å². The van der Waals surface area contributed by atoms with Crippen LogP contribution in [0.2, 0.25) is 0 Å². The summed E-state index contributed by atoms with van der Waals surface area (Å²) in [6.07, 6.45) is 0.349. The Kier molecular flexibility index (Phi) is 3.86. The predicted octanol–water partition coefficient (Wildman–Crippen LogP) is 3.45. The molecule has 0 N–H and O–H groups in total. The molecule has 1 aromatic carbocycles. The summed E-state index contributed by atoms with van der Waals surface area (Å²) in [7, 11) is 0. The highest BCUT2D eigenvalue weighted by Crippen LogP contribution is 2.30. The summed E-state index contributed by atoms with van der Waals surface area (Å²) in [5.41, 5.74) is 0.274. The molecule has 24 heavy (non-hydrogen) atoms. The van der Waals surface area contributed by atoms with E-state index in [1.165, 1.54) is 6.07 Å². The Bertz CT molecular complexity index is 862. The van der Waals surface area contributed by atoms with Gasteiger partial charge in [-0.1, -0.05) is 23.4 Å². The van der Waals surface area contributed by atoms with E-state index in [-0.39, 0.29) is 23.3 Å². The van der Waals surface area contributed by atoms with Crippen LogP contribution in [0.1, 0.15) is 23.0 Å². The number of benzene rings is 1. The SMILES string of the molecule is O=C1CC(c2noc(-c3ccccc3F)n2)CN1Cc1cccs1. The smallest absolute Gasteiger partial charge is 0.260 e. The van der Waals surface area contributed by atoms with Crippen molar-refractivity contribution in [3.05, 3.63) is 58.3 Å². The van der Waals surface area contributed by atoms with Crippen LogP contribution in [0.25, 0.3) is 11.5 Å². The zero-order valence-electron chi connectivity index (χ0n) is 12.7. The van der Waals surface area contributed by atoms with Gasteiger partial charge in [0.1, 0.15) is 5.82 Å². The highest BCUT2D eigenvalue weighted by Gasteiger charge is 2.34. The second-order valence-electron chi connectivity index (χ2n) is 5.69. The molecule has 1 unspecified atom stereocenters. The molecule has 122 valence electrons. The number of rotatable bonds is 4. The van der Waals surface area contributed by atoms with Crippen molar-refractivity contribution < 1.29 is 13.7 Å². The van der Waals surface area contributed by atoms with Crippen LogP contribution in [-0.4, -0.2) is 27.5 Å². The fourth-order valence-corrected chi connectivity index (χ4v) is 3.55. The summed E-state index contributed by atoms with van der Waals surface area (Å²) in [6, 6.07) is 10.2. The van der Waals surface area contributed by atoms with Gasteiger partial charge in [0.2, 0.25) is 5.91 Å². The molecule has 4 rings (SSSR count). The van der Waals surface area contributed by atoms with Gasteiger partial charge >= 0.3 is 0 Å². The monoisotopic (exact) mass is 343 g/mol. The lowest BCUT2D eigenvalue weighted by atomic mass is 10.1. The fourth-order valence-electron chi connectivity index (χ4n) is 2.83. The number of amides is 1. The first-order valence-electron chi connectivity index (χ1n) is 7.59. The largest absolute Gasteiger partial charge is 0.337 e. The van der Waals surface area contributed by atoms with Crippen LogP contribution in [0.5, 0.6) is 0 Å². The summed E-state index contributed by atoms with van der Waals surface area (Å²) >= 11 is 1.63. The summed E-state index contributed by atoms with van der Waals surface area (Å²) < 4.78 is 19.0. The minimum Gasteiger partial charge on any atom is -0.337 e. The average molecular weight is 343 g/mol. The summed E-state index contributed by atoms with van der Waals surface area (Å²) in [5.74, 6) is 0.143. The van der Waals surface area contributed by atoms with E-state index in [0.29, 0.717) is 25.3 Å². The van der Waals surface area contributed by atoms with Gasteiger partial charge in [-0.3, -0.25) is 4.79 Å². The maximum Gasteiger partial charge on any atom is 0.260 e. The third kappa shape index (κ3) is 2.82. The Morgan fingerprint density at radius 2 is 2.17 bits per heavy atom. The molecule has 5 nitrogen and oxygen atoms in total. The van der Waals surface area contributed by atoms with E-state index in [1.807, 2.05) is 17.5 Å². The molecule has 0 bridgehead atoms. The number of hydrogen-bond acceptors (Lipinski definition) is 5. The summed E-state index contributed by atoms with van der Waals surface area (Å²) in [4.78, 5) is 19.4. The number of carbonyl (C=O) groups excluding carboxylic acids is 1. The van der Waals surface area contributed by atoms with Crippen LogP contribution in [-0.2, 0) is 11.3 Å². The molecule has 3 heterocycles. The lowest BCUT2D eigenvalue weighted by Crippen LogP contribution is -2.23. The number of nitrogens with zero attached hydrogens (tertiary/aromatic N) is 3. The first-order valence-corrected chi connectivity index (χ1v) is 8.47. The van der Waals surface area contributed by atoms with Gasteiger partial charge in [-0.2, -0.15) is 4.98 Å². The van der Waals surface area contributed by atoms with Crippen LogP contribution in [0.15, 0.2) is 46.3 Å². The van der Waals surface area contributed by atoms with Crippen molar-refractivity contribution in [2.24, 2.45) is 0 Å². The van der Waals surface area contributed by atoms with Crippen LogP contribution in [0.3, 0.4) is 0 Å². The molecular formula is C17H14FN3O2S. The highest BCUT2D eigenvalue weighted by molar-refractivity contribution is 7.09. The Hall–Kier alpha value is -2.54. The lowest BCUT2D eigenvalue weighted by molar-refractivity contribution is -0.128. The molecule has 0 saturated carbocycles. The predicted molar refractivity (Wildman–Crippen MR) is 86.8 cm³/mol. The van der Waals surface area contributed by atoms with E-state index in [9.17, 15) is 9.18 Å². The van der Waals surface area contributed by atoms with Crippen molar-refractivity contribution in [3.8, 4) is 11.5 Å². The number of thiophene rings is 1. The van der Waals surface area contributed by atoms with Gasteiger partial charge in [0.05, 0.1) is 12.1 Å². The first kappa shape index (κ1) is 15.0. The number of hydrogen-bond donors (Lipinski definition) is 0. The topological polar surface area (TPSA) is 59.2 Å². The molecule has 1 amide bonds. The van der Waals surface area contributed by atoms with E-state index in [0.717, 1.165) is 4.88 Å². The third-order valence-electron chi connectivity index (χ3n) is 4.05. The summed E-state index contributed by atoms with van der Waals surface area (Å²) in [6.45, 7) is 1.15. The third-order valence-corrected chi connectivity index (χ3v) is 4.91. The molecule has 1 fully saturated rings. The van der Waals surface area contributed by atoms with Crippen molar-refractivity contribution in [1.29, 1.82) is 0 Å². The second kappa shape index (κ2) is 6.16. The van der Waals surface area contributed by atoms with E-state index in [1.54, 1.807) is 34.4 Å². The minimum absolute atomic E-state index is 0.0747. The van der Waals surface area contributed by atoms with E-state index >= 15 is 0 Å². The molecule has 1 aliphatic rings. The van der Waals surface area contributed by atoms with Gasteiger partial charge in [-0.05, 0) is 23.6 Å². The van der Waals surface area contributed by atoms with Crippen LogP contribution < -0.4 is 0 Å². The number of aromatic nitrogens is 2. The Morgan fingerprint density at radius 1 is 1.29 bits per heavy atom. The normalized spacial score (nSPS) is 17.6. The van der Waals surface area contributed by atoms with Crippen molar-refractivity contribution in [1.82, 2.24) is 15.0 Å². The minimum atomic E-state index is -0.408. The molecule has 0 aliphatic carbocycles. The molecule has 2 aromatic heterocycles. The van der Waals surface area contributed by atoms with Gasteiger partial charge < -0.3 is 9.42 Å². The van der Waals surface area contributed by atoms with Crippen molar-refractivity contribution in [2.75, 3.05) is 6.54 Å². The van der Waals surface area contributed by atoms with Gasteiger partial charge in [0, 0.05) is 23.8 Å².